The van der Waals surface area contributed by atoms with E-state index in [0.29, 0.717) is 23.6 Å². The van der Waals surface area contributed by atoms with Crippen LogP contribution in [0.3, 0.4) is 0 Å². The van der Waals surface area contributed by atoms with Gasteiger partial charge in [-0.3, -0.25) is 0 Å². The highest BCUT2D eigenvalue weighted by Crippen LogP contribution is 2.41. The Morgan fingerprint density at radius 3 is 1.55 bits per heavy atom. The molecule has 0 atom stereocenters. The second-order valence-electron chi connectivity index (χ2n) is 5.14. The molecule has 0 aliphatic heterocycles. The van der Waals surface area contributed by atoms with Gasteiger partial charge in [0.2, 0.25) is 0 Å². The van der Waals surface area contributed by atoms with Gasteiger partial charge in [0.15, 0.2) is 0 Å². The molecular weight excluding hydrogens is 548 g/mol. The molecule has 2 N–H and O–H groups in total. The van der Waals surface area contributed by atoms with Crippen molar-refractivity contribution in [3.63, 3.8) is 0 Å². The van der Waals surface area contributed by atoms with Crippen molar-refractivity contribution in [2.75, 3.05) is 0 Å². The minimum absolute atomic E-state index is 0.125. The second-order valence-corrected chi connectivity index (χ2v) is 8.55. The van der Waals surface area contributed by atoms with Crippen LogP contribution in [0.2, 0.25) is 0 Å². The van der Waals surface area contributed by atoms with Gasteiger partial charge in [-0.25, -0.2) is 0 Å². The van der Waals surface area contributed by atoms with Crippen molar-refractivity contribution >= 4 is 63.7 Å². The summed E-state index contributed by atoms with van der Waals surface area (Å²) in [5.41, 5.74) is 0.235. The monoisotopic (exact) mass is 556 g/mol. The maximum absolute atomic E-state index is 9.81. The van der Waals surface area contributed by atoms with E-state index in [2.05, 4.69) is 63.7 Å². The lowest BCUT2D eigenvalue weighted by Crippen LogP contribution is -2.25. The highest BCUT2D eigenvalue weighted by atomic mass is 79.9. The summed E-state index contributed by atoms with van der Waals surface area (Å²) in [6, 6.07) is 7.02. The highest BCUT2D eigenvalue weighted by Gasteiger charge is 2.25. The Morgan fingerprint density at radius 2 is 1.14 bits per heavy atom. The first-order valence-electron chi connectivity index (χ1n) is 6.17. The van der Waals surface area contributed by atoms with Crippen molar-refractivity contribution in [3.8, 4) is 17.2 Å². The molecule has 0 radical (unpaired) electrons. The van der Waals surface area contributed by atoms with Gasteiger partial charge in [0.25, 0.3) is 0 Å². The van der Waals surface area contributed by atoms with Crippen molar-refractivity contribution in [1.82, 2.24) is 0 Å². The fourth-order valence-electron chi connectivity index (χ4n) is 1.87. The van der Waals surface area contributed by atoms with Crippen molar-refractivity contribution in [2.24, 2.45) is 0 Å². The zero-order chi connectivity index (χ0) is 16.7. The van der Waals surface area contributed by atoms with E-state index in [-0.39, 0.29) is 11.5 Å². The Kier molecular flexibility index (Phi) is 5.52. The molecule has 2 aromatic rings. The molecule has 0 amide bonds. The average Bonchev–Trinajstić information content (AvgIpc) is 2.41. The molecule has 0 spiro atoms. The smallest absolute Gasteiger partial charge is 0.144 e. The summed E-state index contributed by atoms with van der Waals surface area (Å²) in [5, 5.41) is 19.6. The topological polar surface area (TPSA) is 49.7 Å². The fraction of sp³-hybridized carbons (Fsp3) is 0.200. The van der Waals surface area contributed by atoms with Crippen LogP contribution in [0.5, 0.6) is 17.2 Å². The van der Waals surface area contributed by atoms with E-state index in [9.17, 15) is 10.2 Å². The van der Waals surface area contributed by atoms with Crippen LogP contribution in [0.4, 0.5) is 0 Å². The normalized spacial score (nSPS) is 11.5. The number of halogens is 4. The molecule has 2 aromatic carbocycles. The highest BCUT2D eigenvalue weighted by molar-refractivity contribution is 9.11. The Bertz CT molecular complexity index is 683. The van der Waals surface area contributed by atoms with Crippen LogP contribution in [0.15, 0.2) is 42.2 Å². The molecule has 3 nitrogen and oxygen atoms in total. The molecule has 0 saturated carbocycles. The number of ether oxygens (including phenoxy) is 1. The maximum atomic E-state index is 9.81. The molecular formula is C15H12Br4O3. The van der Waals surface area contributed by atoms with Gasteiger partial charge in [-0.1, -0.05) is 0 Å². The molecule has 0 unspecified atom stereocenters. The summed E-state index contributed by atoms with van der Waals surface area (Å²) in [4.78, 5) is 0. The van der Waals surface area contributed by atoms with Crippen molar-refractivity contribution in [1.29, 1.82) is 0 Å². The SMILES string of the molecule is CC(C)(Oc1cc(Br)c(O)c(Br)c1)c1cc(Br)c(O)c(Br)c1. The largest absolute Gasteiger partial charge is 0.506 e. The third-order valence-corrected chi connectivity index (χ3v) is 5.49. The summed E-state index contributed by atoms with van der Waals surface area (Å²) in [5.74, 6) is 0.872. The first kappa shape index (κ1) is 18.1. The fourth-order valence-corrected chi connectivity index (χ4v) is 4.20. The maximum Gasteiger partial charge on any atom is 0.144 e. The van der Waals surface area contributed by atoms with E-state index in [0.717, 1.165) is 5.56 Å². The van der Waals surface area contributed by atoms with Gasteiger partial charge in [0.1, 0.15) is 22.8 Å². The molecule has 0 aromatic heterocycles. The quantitative estimate of drug-likeness (QED) is 0.454. The van der Waals surface area contributed by atoms with E-state index in [1.807, 2.05) is 26.0 Å². The Hall–Kier alpha value is -0.240. The third-order valence-electron chi connectivity index (χ3n) is 3.08. The zero-order valence-electron chi connectivity index (χ0n) is 11.6. The summed E-state index contributed by atoms with van der Waals surface area (Å²) in [7, 11) is 0. The number of benzene rings is 2. The van der Waals surface area contributed by atoms with Gasteiger partial charge in [0, 0.05) is 0 Å². The van der Waals surface area contributed by atoms with Crippen molar-refractivity contribution in [3.05, 3.63) is 47.7 Å². The van der Waals surface area contributed by atoms with Crippen LogP contribution < -0.4 is 4.74 Å². The minimum atomic E-state index is -0.644. The van der Waals surface area contributed by atoms with Crippen LogP contribution in [0.1, 0.15) is 19.4 Å². The standard InChI is InChI=1S/C15H12Br4O3/c1-15(2,7-3-9(16)13(20)10(17)4-7)22-8-5-11(18)14(21)12(19)6-8/h3-6,20-21H,1-2H3. The van der Waals surface area contributed by atoms with E-state index >= 15 is 0 Å². The summed E-state index contributed by atoms with van der Waals surface area (Å²) < 4.78 is 8.31. The lowest BCUT2D eigenvalue weighted by atomic mass is 9.98. The summed E-state index contributed by atoms with van der Waals surface area (Å²) in [6.07, 6.45) is 0. The Labute approximate surface area is 162 Å². The van der Waals surface area contributed by atoms with Crippen LogP contribution in [-0.4, -0.2) is 10.2 Å². The molecule has 118 valence electrons. The number of hydrogen-bond acceptors (Lipinski definition) is 3. The van der Waals surface area contributed by atoms with Gasteiger partial charge >= 0.3 is 0 Å². The molecule has 7 heteroatoms. The van der Waals surface area contributed by atoms with Crippen LogP contribution in [0, 0.1) is 0 Å². The van der Waals surface area contributed by atoms with E-state index in [1.54, 1.807) is 12.1 Å². The Morgan fingerprint density at radius 1 is 0.773 bits per heavy atom. The Balaban J connectivity index is 2.39. The molecule has 0 bridgehead atoms. The van der Waals surface area contributed by atoms with Crippen LogP contribution in [0.25, 0.3) is 0 Å². The molecule has 0 saturated heterocycles. The minimum Gasteiger partial charge on any atom is -0.506 e. The summed E-state index contributed by atoms with van der Waals surface area (Å²) in [6.45, 7) is 3.85. The predicted molar refractivity (Wildman–Crippen MR) is 101 cm³/mol. The van der Waals surface area contributed by atoms with Gasteiger partial charge < -0.3 is 14.9 Å². The molecule has 0 aliphatic rings. The third kappa shape index (κ3) is 3.80. The van der Waals surface area contributed by atoms with Crippen LogP contribution >= 0.6 is 63.7 Å². The van der Waals surface area contributed by atoms with Gasteiger partial charge in [-0.2, -0.15) is 0 Å². The van der Waals surface area contributed by atoms with Crippen molar-refractivity contribution in [2.45, 2.75) is 19.4 Å². The molecule has 2 rings (SSSR count). The summed E-state index contributed by atoms with van der Waals surface area (Å²) >= 11 is 13.2. The van der Waals surface area contributed by atoms with E-state index in [4.69, 9.17) is 4.74 Å². The number of hydrogen-bond donors (Lipinski definition) is 2. The molecule has 0 aliphatic carbocycles. The average molecular weight is 560 g/mol. The lowest BCUT2D eigenvalue weighted by Gasteiger charge is -2.28. The first-order valence-corrected chi connectivity index (χ1v) is 9.34. The number of rotatable bonds is 3. The van der Waals surface area contributed by atoms with Gasteiger partial charge in [0.05, 0.1) is 17.9 Å². The second kappa shape index (κ2) is 6.71. The van der Waals surface area contributed by atoms with E-state index < -0.39 is 5.60 Å². The number of phenols is 2. The molecule has 0 fully saturated rings. The molecule has 0 heterocycles. The lowest BCUT2D eigenvalue weighted by molar-refractivity contribution is 0.108. The number of aromatic hydroxyl groups is 2. The molecule has 22 heavy (non-hydrogen) atoms. The predicted octanol–water partition coefficient (Wildman–Crippen LogP) is 6.46. The first-order chi connectivity index (χ1) is 10.1. The van der Waals surface area contributed by atoms with E-state index in [1.165, 1.54) is 0 Å². The number of phenolic OH excluding ortho intramolecular Hbond substituents is 2. The van der Waals surface area contributed by atoms with Gasteiger partial charge in [-0.15, -0.1) is 0 Å². The zero-order valence-corrected chi connectivity index (χ0v) is 18.0. The van der Waals surface area contributed by atoms with Crippen molar-refractivity contribution < 1.29 is 14.9 Å². The van der Waals surface area contributed by atoms with Crippen LogP contribution in [-0.2, 0) is 5.60 Å². The van der Waals surface area contributed by atoms with Gasteiger partial charge in [-0.05, 0) is 107 Å².